The molecule has 0 radical (unpaired) electrons. The first-order chi connectivity index (χ1) is 14.6. The van der Waals surface area contributed by atoms with E-state index in [0.29, 0.717) is 5.69 Å². The van der Waals surface area contributed by atoms with Crippen LogP contribution in [-0.4, -0.2) is 33.4 Å². The number of rotatable bonds is 4. The van der Waals surface area contributed by atoms with E-state index >= 15 is 0 Å². The molecule has 11 heteroatoms. The molecular formula is C20H14F2N4O4S. The van der Waals surface area contributed by atoms with E-state index in [2.05, 4.69) is 10.1 Å². The van der Waals surface area contributed by atoms with E-state index in [9.17, 15) is 27.4 Å². The number of sulfonamides is 1. The summed E-state index contributed by atoms with van der Waals surface area (Å²) < 4.78 is 51.1. The summed E-state index contributed by atoms with van der Waals surface area (Å²) in [7, 11) is -3.92. The minimum absolute atomic E-state index is 0.00764. The molecule has 0 aliphatic carbocycles. The molecule has 0 aliphatic heterocycles. The number of hydrogen-bond acceptors (Lipinski definition) is 6. The number of nitrogens with zero attached hydrogens (tertiary/aromatic N) is 3. The molecule has 3 aromatic carbocycles. The van der Waals surface area contributed by atoms with Crippen molar-refractivity contribution in [3.05, 3.63) is 72.3 Å². The lowest BCUT2D eigenvalue weighted by Gasteiger charge is -2.08. The van der Waals surface area contributed by atoms with Crippen LogP contribution >= 0.6 is 0 Å². The third-order valence-corrected chi connectivity index (χ3v) is 5.35. The lowest BCUT2D eigenvalue weighted by atomic mass is 10.1. The molecule has 0 unspecified atom stereocenters. The Morgan fingerprint density at radius 3 is 1.90 bits per heavy atom. The number of aromatic nitrogens is 3. The van der Waals surface area contributed by atoms with Crippen LogP contribution in [0.5, 0.6) is 11.5 Å². The Morgan fingerprint density at radius 2 is 1.39 bits per heavy atom. The van der Waals surface area contributed by atoms with E-state index in [-0.39, 0.29) is 27.7 Å². The molecule has 4 aromatic rings. The molecule has 4 rings (SSSR count). The molecular weight excluding hydrogens is 430 g/mol. The summed E-state index contributed by atoms with van der Waals surface area (Å²) in [6.45, 7) is 0. The number of primary sulfonamides is 1. The molecule has 0 amide bonds. The average molecular weight is 444 g/mol. The van der Waals surface area contributed by atoms with Crippen molar-refractivity contribution >= 4 is 10.0 Å². The van der Waals surface area contributed by atoms with Gasteiger partial charge in [0.1, 0.15) is 23.1 Å². The van der Waals surface area contributed by atoms with E-state index in [1.165, 1.54) is 41.1 Å². The second kappa shape index (κ2) is 7.45. The van der Waals surface area contributed by atoms with Crippen molar-refractivity contribution in [1.82, 2.24) is 14.8 Å². The maximum atomic E-state index is 13.5. The molecule has 0 saturated heterocycles. The van der Waals surface area contributed by atoms with Crippen LogP contribution < -0.4 is 5.14 Å². The molecule has 0 saturated carbocycles. The number of halogens is 2. The van der Waals surface area contributed by atoms with E-state index < -0.39 is 33.2 Å². The van der Waals surface area contributed by atoms with Gasteiger partial charge in [0.2, 0.25) is 10.0 Å². The van der Waals surface area contributed by atoms with Gasteiger partial charge in [0.25, 0.3) is 0 Å². The Morgan fingerprint density at radius 1 is 0.839 bits per heavy atom. The van der Waals surface area contributed by atoms with Gasteiger partial charge in [0, 0.05) is 12.1 Å². The second-order valence-corrected chi connectivity index (χ2v) is 8.09. The van der Waals surface area contributed by atoms with Crippen LogP contribution in [0, 0.1) is 11.6 Å². The normalized spacial score (nSPS) is 11.6. The summed E-state index contributed by atoms with van der Waals surface area (Å²) in [4.78, 5) is 4.20. The molecule has 0 bridgehead atoms. The van der Waals surface area contributed by atoms with Crippen molar-refractivity contribution in [2.75, 3.05) is 0 Å². The SMILES string of the molecule is NS(=O)(=O)c1ccc(-n2nc(-c3ccc(F)cc3O)nc2-c2ccc(F)cc2O)cc1. The highest BCUT2D eigenvalue weighted by molar-refractivity contribution is 7.89. The summed E-state index contributed by atoms with van der Waals surface area (Å²) in [5.41, 5.74) is 0.577. The summed E-state index contributed by atoms with van der Waals surface area (Å²) in [6, 6.07) is 11.9. The van der Waals surface area contributed by atoms with Crippen molar-refractivity contribution in [3.8, 4) is 40.0 Å². The van der Waals surface area contributed by atoms with Gasteiger partial charge in [-0.05, 0) is 48.5 Å². The molecule has 4 N–H and O–H groups in total. The van der Waals surface area contributed by atoms with E-state index in [1.807, 2.05) is 0 Å². The minimum atomic E-state index is -3.92. The van der Waals surface area contributed by atoms with Crippen LogP contribution in [0.2, 0.25) is 0 Å². The number of aromatic hydroxyl groups is 2. The topological polar surface area (TPSA) is 131 Å². The van der Waals surface area contributed by atoms with Gasteiger partial charge in [0.15, 0.2) is 11.6 Å². The highest BCUT2D eigenvalue weighted by Gasteiger charge is 2.20. The first kappa shape index (κ1) is 20.4. The Bertz CT molecular complexity index is 1400. The lowest BCUT2D eigenvalue weighted by Crippen LogP contribution is -2.12. The lowest BCUT2D eigenvalue weighted by molar-refractivity contribution is 0.470. The zero-order valence-corrected chi connectivity index (χ0v) is 16.4. The third kappa shape index (κ3) is 3.96. The molecule has 8 nitrogen and oxygen atoms in total. The summed E-state index contributed by atoms with van der Waals surface area (Å²) in [5, 5.41) is 29.7. The average Bonchev–Trinajstić information content (AvgIpc) is 3.12. The Labute approximate surface area is 174 Å². The molecule has 158 valence electrons. The molecule has 0 atom stereocenters. The first-order valence-electron chi connectivity index (χ1n) is 8.71. The zero-order chi connectivity index (χ0) is 22.3. The van der Waals surface area contributed by atoms with Gasteiger partial charge in [-0.1, -0.05) is 0 Å². The molecule has 0 aliphatic rings. The number of nitrogens with two attached hydrogens (primary N) is 1. The maximum Gasteiger partial charge on any atom is 0.238 e. The van der Waals surface area contributed by atoms with Gasteiger partial charge in [-0.3, -0.25) is 0 Å². The van der Waals surface area contributed by atoms with Crippen LogP contribution in [0.15, 0.2) is 65.6 Å². The fourth-order valence-electron chi connectivity index (χ4n) is 2.95. The fourth-order valence-corrected chi connectivity index (χ4v) is 3.46. The third-order valence-electron chi connectivity index (χ3n) is 4.42. The molecule has 0 spiro atoms. The predicted molar refractivity (Wildman–Crippen MR) is 107 cm³/mol. The summed E-state index contributed by atoms with van der Waals surface area (Å²) in [5.74, 6) is -2.08. The van der Waals surface area contributed by atoms with Crippen molar-refractivity contribution in [3.63, 3.8) is 0 Å². The van der Waals surface area contributed by atoms with Crippen LogP contribution in [0.25, 0.3) is 28.5 Å². The van der Waals surface area contributed by atoms with E-state index in [0.717, 1.165) is 24.3 Å². The Kier molecular flexibility index (Phi) is 4.91. The van der Waals surface area contributed by atoms with Crippen LogP contribution in [-0.2, 0) is 10.0 Å². The molecule has 0 fully saturated rings. The van der Waals surface area contributed by atoms with Crippen LogP contribution in [0.3, 0.4) is 0 Å². The predicted octanol–water partition coefficient (Wildman–Crippen LogP) is 2.94. The van der Waals surface area contributed by atoms with E-state index in [4.69, 9.17) is 5.14 Å². The van der Waals surface area contributed by atoms with Gasteiger partial charge in [-0.25, -0.2) is 32.0 Å². The van der Waals surface area contributed by atoms with Crippen molar-refractivity contribution in [2.45, 2.75) is 4.90 Å². The Balaban J connectivity index is 1.93. The number of phenols is 2. The second-order valence-electron chi connectivity index (χ2n) is 6.53. The van der Waals surface area contributed by atoms with Gasteiger partial charge in [-0.15, -0.1) is 5.10 Å². The van der Waals surface area contributed by atoms with Crippen molar-refractivity contribution < 1.29 is 27.4 Å². The van der Waals surface area contributed by atoms with Crippen molar-refractivity contribution in [1.29, 1.82) is 0 Å². The molecule has 31 heavy (non-hydrogen) atoms. The van der Waals surface area contributed by atoms with Gasteiger partial charge >= 0.3 is 0 Å². The number of phenolic OH excluding ortho intramolecular Hbond substituents is 2. The fraction of sp³-hybridized carbons (Fsp3) is 0. The van der Waals surface area contributed by atoms with Crippen LogP contribution in [0.1, 0.15) is 0 Å². The zero-order valence-electron chi connectivity index (χ0n) is 15.6. The van der Waals surface area contributed by atoms with Gasteiger partial charge in [0.05, 0.1) is 21.7 Å². The monoisotopic (exact) mass is 444 g/mol. The van der Waals surface area contributed by atoms with Crippen molar-refractivity contribution in [2.24, 2.45) is 5.14 Å². The number of benzene rings is 3. The highest BCUT2D eigenvalue weighted by atomic mass is 32.2. The first-order valence-corrected chi connectivity index (χ1v) is 10.3. The highest BCUT2D eigenvalue weighted by Crippen LogP contribution is 2.34. The van der Waals surface area contributed by atoms with E-state index in [1.54, 1.807) is 0 Å². The smallest absolute Gasteiger partial charge is 0.238 e. The Hall–Kier alpha value is -3.83. The van der Waals surface area contributed by atoms with Gasteiger partial charge < -0.3 is 10.2 Å². The standard InChI is InChI=1S/C20H14F2N4O4S/c21-11-1-7-15(17(27)9-11)19-24-20(16-8-2-12(22)10-18(16)28)26(25-19)13-3-5-14(6-4-13)31(23,29)30/h1-10,27-28H,(H2,23,29,30). The summed E-state index contributed by atoms with van der Waals surface area (Å²) >= 11 is 0. The minimum Gasteiger partial charge on any atom is -0.507 e. The number of hydrogen-bond donors (Lipinski definition) is 3. The van der Waals surface area contributed by atoms with Crippen LogP contribution in [0.4, 0.5) is 8.78 Å². The quantitative estimate of drug-likeness (QED) is 0.444. The molecule has 1 heterocycles. The van der Waals surface area contributed by atoms with Gasteiger partial charge in [-0.2, -0.15) is 0 Å². The molecule has 1 aromatic heterocycles. The summed E-state index contributed by atoms with van der Waals surface area (Å²) in [6.07, 6.45) is 0. The maximum absolute atomic E-state index is 13.5. The largest absolute Gasteiger partial charge is 0.507 e.